The highest BCUT2D eigenvalue weighted by Gasteiger charge is 2.11. The molecular formula is C25H22O4. The van der Waals surface area contributed by atoms with Gasteiger partial charge in [0.1, 0.15) is 11.9 Å². The zero-order valence-electron chi connectivity index (χ0n) is 16.2. The SMILES string of the molecule is C=CCC(=O)OC(C)c1ccc(-c2ccc(OC(=O)c3ccccc3)cc2)cc1. The fourth-order valence-corrected chi connectivity index (χ4v) is 2.83. The molecule has 0 spiro atoms. The van der Waals surface area contributed by atoms with Gasteiger partial charge in [-0.1, -0.05) is 60.7 Å². The van der Waals surface area contributed by atoms with E-state index in [-0.39, 0.29) is 24.5 Å². The number of hydrogen-bond acceptors (Lipinski definition) is 4. The van der Waals surface area contributed by atoms with Crippen LogP contribution in [0.2, 0.25) is 0 Å². The summed E-state index contributed by atoms with van der Waals surface area (Å²) in [5, 5.41) is 0. The van der Waals surface area contributed by atoms with Crippen LogP contribution in [0.1, 0.15) is 35.4 Å². The molecule has 3 aromatic carbocycles. The Morgan fingerprint density at radius 1 is 0.897 bits per heavy atom. The van der Waals surface area contributed by atoms with Crippen LogP contribution in [0.15, 0.2) is 91.5 Å². The van der Waals surface area contributed by atoms with Gasteiger partial charge in [-0.2, -0.15) is 0 Å². The van der Waals surface area contributed by atoms with E-state index in [1.165, 1.54) is 6.08 Å². The minimum Gasteiger partial charge on any atom is -0.458 e. The lowest BCUT2D eigenvalue weighted by Gasteiger charge is -2.13. The lowest BCUT2D eigenvalue weighted by molar-refractivity contribution is -0.147. The molecule has 29 heavy (non-hydrogen) atoms. The summed E-state index contributed by atoms with van der Waals surface area (Å²) in [6.07, 6.45) is 1.40. The Morgan fingerprint density at radius 3 is 2.07 bits per heavy atom. The first-order chi connectivity index (χ1) is 14.1. The summed E-state index contributed by atoms with van der Waals surface area (Å²) < 4.78 is 10.8. The maximum atomic E-state index is 12.1. The van der Waals surface area contributed by atoms with Crippen molar-refractivity contribution in [2.75, 3.05) is 0 Å². The van der Waals surface area contributed by atoms with E-state index in [0.717, 1.165) is 16.7 Å². The summed E-state index contributed by atoms with van der Waals surface area (Å²) in [5.74, 6) is -0.193. The first-order valence-corrected chi connectivity index (χ1v) is 9.35. The Hall–Kier alpha value is -3.66. The second kappa shape index (κ2) is 9.51. The van der Waals surface area contributed by atoms with E-state index in [1.54, 1.807) is 36.4 Å². The van der Waals surface area contributed by atoms with Crippen molar-refractivity contribution >= 4 is 11.9 Å². The summed E-state index contributed by atoms with van der Waals surface area (Å²) in [6, 6.07) is 24.0. The van der Waals surface area contributed by atoms with Crippen LogP contribution in [0, 0.1) is 0 Å². The number of benzene rings is 3. The van der Waals surface area contributed by atoms with Crippen molar-refractivity contribution in [3.8, 4) is 16.9 Å². The van der Waals surface area contributed by atoms with Crippen LogP contribution in [0.25, 0.3) is 11.1 Å². The van der Waals surface area contributed by atoms with E-state index in [4.69, 9.17) is 9.47 Å². The number of rotatable bonds is 7. The molecule has 0 N–H and O–H groups in total. The molecule has 0 aliphatic heterocycles. The second-order valence-electron chi connectivity index (χ2n) is 6.53. The van der Waals surface area contributed by atoms with Crippen LogP contribution in [0.3, 0.4) is 0 Å². The van der Waals surface area contributed by atoms with Gasteiger partial charge in [-0.05, 0) is 47.9 Å². The van der Waals surface area contributed by atoms with Crippen LogP contribution in [0.5, 0.6) is 5.75 Å². The molecule has 4 nitrogen and oxygen atoms in total. The third kappa shape index (κ3) is 5.42. The first kappa shape index (κ1) is 20.1. The standard InChI is InChI=1S/C25H22O4/c1-3-7-24(26)28-18(2)19-10-12-20(13-11-19)21-14-16-23(17-15-21)29-25(27)22-8-5-4-6-9-22/h3-6,8-18H,1,7H2,2H3. The molecular weight excluding hydrogens is 364 g/mol. The van der Waals surface area contributed by atoms with E-state index in [9.17, 15) is 9.59 Å². The predicted molar refractivity (Wildman–Crippen MR) is 113 cm³/mol. The Labute approximate surface area is 170 Å². The zero-order chi connectivity index (χ0) is 20.6. The van der Waals surface area contributed by atoms with Crippen molar-refractivity contribution in [2.45, 2.75) is 19.4 Å². The van der Waals surface area contributed by atoms with Crippen LogP contribution >= 0.6 is 0 Å². The normalized spacial score (nSPS) is 11.3. The van der Waals surface area contributed by atoms with Crippen molar-refractivity contribution in [3.05, 3.63) is 103 Å². The molecule has 1 unspecified atom stereocenters. The molecule has 0 saturated carbocycles. The van der Waals surface area contributed by atoms with E-state index in [0.29, 0.717) is 11.3 Å². The van der Waals surface area contributed by atoms with Gasteiger partial charge in [-0.15, -0.1) is 6.58 Å². The maximum absolute atomic E-state index is 12.1. The second-order valence-corrected chi connectivity index (χ2v) is 6.53. The van der Waals surface area contributed by atoms with E-state index >= 15 is 0 Å². The highest BCUT2D eigenvalue weighted by Crippen LogP contribution is 2.26. The van der Waals surface area contributed by atoms with Crippen molar-refractivity contribution in [2.24, 2.45) is 0 Å². The topological polar surface area (TPSA) is 52.6 Å². The Bertz CT molecular complexity index is 974. The molecule has 0 heterocycles. The van der Waals surface area contributed by atoms with Crippen LogP contribution in [0.4, 0.5) is 0 Å². The highest BCUT2D eigenvalue weighted by molar-refractivity contribution is 5.91. The Balaban J connectivity index is 1.64. The Kier molecular flexibility index (Phi) is 6.59. The average molecular weight is 386 g/mol. The van der Waals surface area contributed by atoms with Crippen molar-refractivity contribution in [3.63, 3.8) is 0 Å². The summed E-state index contributed by atoms with van der Waals surface area (Å²) in [6.45, 7) is 5.37. The van der Waals surface area contributed by atoms with Gasteiger partial charge in [0.05, 0.1) is 12.0 Å². The van der Waals surface area contributed by atoms with E-state index < -0.39 is 0 Å². The summed E-state index contributed by atoms with van der Waals surface area (Å²) in [5.41, 5.74) is 3.43. The lowest BCUT2D eigenvalue weighted by atomic mass is 10.0. The molecule has 0 saturated heterocycles. The minimum absolute atomic E-state index is 0.198. The van der Waals surface area contributed by atoms with Crippen molar-refractivity contribution in [1.29, 1.82) is 0 Å². The molecule has 4 heteroatoms. The van der Waals surface area contributed by atoms with Gasteiger partial charge in [0.25, 0.3) is 0 Å². The quantitative estimate of drug-likeness (QED) is 0.295. The summed E-state index contributed by atoms with van der Waals surface area (Å²) >= 11 is 0. The third-order valence-electron chi connectivity index (χ3n) is 4.41. The van der Waals surface area contributed by atoms with Gasteiger partial charge in [-0.3, -0.25) is 4.79 Å². The molecule has 0 fully saturated rings. The van der Waals surface area contributed by atoms with Crippen LogP contribution < -0.4 is 4.74 Å². The molecule has 0 aliphatic rings. The third-order valence-corrected chi connectivity index (χ3v) is 4.41. The van der Waals surface area contributed by atoms with Gasteiger partial charge in [0, 0.05) is 0 Å². The van der Waals surface area contributed by atoms with Gasteiger partial charge >= 0.3 is 11.9 Å². The van der Waals surface area contributed by atoms with Gasteiger partial charge in [-0.25, -0.2) is 4.79 Å². The smallest absolute Gasteiger partial charge is 0.343 e. The van der Waals surface area contributed by atoms with Gasteiger partial charge in [0.2, 0.25) is 0 Å². The van der Waals surface area contributed by atoms with Crippen molar-refractivity contribution in [1.82, 2.24) is 0 Å². The predicted octanol–water partition coefficient (Wildman–Crippen LogP) is 5.75. The number of esters is 2. The molecule has 0 aromatic heterocycles. The minimum atomic E-state index is -0.386. The van der Waals surface area contributed by atoms with Crippen LogP contribution in [-0.4, -0.2) is 11.9 Å². The fourth-order valence-electron chi connectivity index (χ4n) is 2.83. The molecule has 0 radical (unpaired) electrons. The maximum Gasteiger partial charge on any atom is 0.343 e. The molecule has 146 valence electrons. The number of hydrogen-bond donors (Lipinski definition) is 0. The van der Waals surface area contributed by atoms with Crippen LogP contribution in [-0.2, 0) is 9.53 Å². The van der Waals surface area contributed by atoms with Crippen molar-refractivity contribution < 1.29 is 19.1 Å². The fraction of sp³-hybridized carbons (Fsp3) is 0.120. The largest absolute Gasteiger partial charge is 0.458 e. The molecule has 3 rings (SSSR count). The van der Waals surface area contributed by atoms with E-state index in [2.05, 4.69) is 6.58 Å². The summed E-state index contributed by atoms with van der Waals surface area (Å²) in [7, 11) is 0. The highest BCUT2D eigenvalue weighted by atomic mass is 16.5. The van der Waals surface area contributed by atoms with E-state index in [1.807, 2.05) is 49.4 Å². The monoisotopic (exact) mass is 386 g/mol. The van der Waals surface area contributed by atoms with Gasteiger partial charge < -0.3 is 9.47 Å². The molecule has 1 atom stereocenters. The lowest BCUT2D eigenvalue weighted by Crippen LogP contribution is -2.08. The molecule has 0 amide bonds. The zero-order valence-corrected chi connectivity index (χ0v) is 16.2. The number of ether oxygens (including phenoxy) is 2. The average Bonchev–Trinajstić information content (AvgIpc) is 2.75. The Morgan fingerprint density at radius 2 is 1.48 bits per heavy atom. The van der Waals surface area contributed by atoms with Gasteiger partial charge in [0.15, 0.2) is 0 Å². The molecule has 3 aromatic rings. The summed E-state index contributed by atoms with van der Waals surface area (Å²) in [4.78, 5) is 23.7. The first-order valence-electron chi connectivity index (χ1n) is 9.35. The molecule has 0 aliphatic carbocycles. The number of carbonyl (C=O) groups excluding carboxylic acids is 2. The number of carbonyl (C=O) groups is 2. The molecule has 0 bridgehead atoms.